The summed E-state index contributed by atoms with van der Waals surface area (Å²) in [6.07, 6.45) is 13.1. The normalized spacial score (nSPS) is 46.9. The van der Waals surface area contributed by atoms with Crippen molar-refractivity contribution in [2.24, 2.45) is 28.1 Å². The Balaban J connectivity index is 1.61. The number of carbonyl (C=O) groups excluding carboxylic acids is 1. The van der Waals surface area contributed by atoms with Gasteiger partial charge in [0.15, 0.2) is 0 Å². The maximum Gasteiger partial charge on any atom is 0.330 e. The van der Waals surface area contributed by atoms with Crippen LogP contribution in [0.2, 0.25) is 0 Å². The molecule has 30 heavy (non-hydrogen) atoms. The summed E-state index contributed by atoms with van der Waals surface area (Å²) in [5.74, 6) is 0.461. The van der Waals surface area contributed by atoms with Crippen molar-refractivity contribution in [1.82, 2.24) is 0 Å². The highest BCUT2D eigenvalue weighted by molar-refractivity contribution is 5.83. The largest absolute Gasteiger partial charge is 0.472 e. The molecule has 0 saturated heterocycles. The second-order valence-electron chi connectivity index (χ2n) is 11.3. The lowest BCUT2D eigenvalue weighted by Crippen LogP contribution is -2.63. The minimum atomic E-state index is -0.609. The Hall–Kier alpha value is -1.81. The van der Waals surface area contributed by atoms with Gasteiger partial charge in [-0.25, -0.2) is 4.79 Å². The summed E-state index contributed by atoms with van der Waals surface area (Å²) in [7, 11) is 0. The Labute approximate surface area is 179 Å². The molecule has 4 aliphatic rings. The number of aliphatic hydroxyl groups is 1. The fraction of sp³-hybridized carbons (Fsp3) is 0.654. The van der Waals surface area contributed by atoms with Gasteiger partial charge in [0.05, 0.1) is 18.6 Å². The summed E-state index contributed by atoms with van der Waals surface area (Å²) in [5, 5.41) is 11.7. The van der Waals surface area contributed by atoms with Gasteiger partial charge in [-0.3, -0.25) is 0 Å². The van der Waals surface area contributed by atoms with E-state index in [2.05, 4.69) is 39.0 Å². The van der Waals surface area contributed by atoms with E-state index in [0.717, 1.165) is 19.3 Å². The zero-order valence-electron chi connectivity index (χ0n) is 18.8. The lowest BCUT2D eigenvalue weighted by molar-refractivity contribution is -0.186. The van der Waals surface area contributed by atoms with Crippen LogP contribution < -0.4 is 0 Å². The molecule has 1 aromatic rings. The van der Waals surface area contributed by atoms with Crippen LogP contribution in [-0.2, 0) is 9.53 Å². The molecule has 2 heterocycles. The van der Waals surface area contributed by atoms with Crippen molar-refractivity contribution in [2.75, 3.05) is 0 Å². The minimum absolute atomic E-state index is 0.0234. The summed E-state index contributed by atoms with van der Waals surface area (Å²) >= 11 is 0. The lowest BCUT2D eigenvalue weighted by atomic mass is 9.40. The van der Waals surface area contributed by atoms with E-state index in [-0.39, 0.29) is 34.1 Å². The van der Waals surface area contributed by atoms with Crippen molar-refractivity contribution in [3.05, 3.63) is 48.0 Å². The van der Waals surface area contributed by atoms with Crippen LogP contribution in [0, 0.1) is 28.1 Å². The molecule has 5 rings (SSSR count). The van der Waals surface area contributed by atoms with Gasteiger partial charge in [0.2, 0.25) is 0 Å². The molecule has 162 valence electrons. The Morgan fingerprint density at radius 1 is 1.13 bits per heavy atom. The Kier molecular flexibility index (Phi) is 4.10. The van der Waals surface area contributed by atoms with Gasteiger partial charge in [-0.2, -0.15) is 0 Å². The SMILES string of the molecule is CC1(C)OC(=O)C=C[C@]2(C)[C@H]3CC[C@]4(C)C(=CCC4c4ccoc4)[C@]3(C)[C@H](O)C[C@@H]12. The highest BCUT2D eigenvalue weighted by Crippen LogP contribution is 2.71. The molecule has 3 aliphatic carbocycles. The van der Waals surface area contributed by atoms with Crippen molar-refractivity contribution in [2.45, 2.75) is 77.9 Å². The second kappa shape index (κ2) is 6.12. The van der Waals surface area contributed by atoms with E-state index >= 15 is 0 Å². The van der Waals surface area contributed by atoms with Gasteiger partial charge in [0.25, 0.3) is 0 Å². The van der Waals surface area contributed by atoms with E-state index in [1.54, 1.807) is 12.3 Å². The van der Waals surface area contributed by atoms with Crippen LogP contribution in [0.25, 0.3) is 0 Å². The molecule has 4 heteroatoms. The minimum Gasteiger partial charge on any atom is -0.472 e. The number of rotatable bonds is 1. The number of aliphatic hydroxyl groups excluding tert-OH is 1. The predicted molar refractivity (Wildman–Crippen MR) is 115 cm³/mol. The third kappa shape index (κ3) is 2.40. The Bertz CT molecular complexity index is 925. The molecule has 0 spiro atoms. The van der Waals surface area contributed by atoms with E-state index in [0.29, 0.717) is 12.3 Å². The molecule has 7 atom stereocenters. The first-order valence-electron chi connectivity index (χ1n) is 11.4. The van der Waals surface area contributed by atoms with Crippen LogP contribution >= 0.6 is 0 Å². The van der Waals surface area contributed by atoms with Crippen molar-refractivity contribution in [3.63, 3.8) is 0 Å². The molecule has 1 N–H and O–H groups in total. The second-order valence-corrected chi connectivity index (χ2v) is 11.3. The summed E-state index contributed by atoms with van der Waals surface area (Å²) in [6, 6.07) is 2.09. The van der Waals surface area contributed by atoms with Gasteiger partial charge < -0.3 is 14.3 Å². The van der Waals surface area contributed by atoms with E-state index in [1.807, 2.05) is 20.1 Å². The van der Waals surface area contributed by atoms with Gasteiger partial charge >= 0.3 is 5.97 Å². The van der Waals surface area contributed by atoms with Crippen LogP contribution in [0.15, 0.2) is 46.8 Å². The Morgan fingerprint density at radius 2 is 1.90 bits per heavy atom. The fourth-order valence-corrected chi connectivity index (χ4v) is 8.18. The van der Waals surface area contributed by atoms with Gasteiger partial charge in [-0.05, 0) is 73.8 Å². The monoisotopic (exact) mass is 410 g/mol. The first-order chi connectivity index (χ1) is 14.0. The molecule has 1 unspecified atom stereocenters. The number of ether oxygens (including phenoxy) is 1. The maximum atomic E-state index is 12.3. The molecule has 0 amide bonds. The average Bonchev–Trinajstić information content (AvgIpc) is 3.28. The van der Waals surface area contributed by atoms with Gasteiger partial charge in [0.1, 0.15) is 5.60 Å². The van der Waals surface area contributed by atoms with Crippen LogP contribution in [0.4, 0.5) is 0 Å². The molecular weight excluding hydrogens is 376 g/mol. The van der Waals surface area contributed by atoms with Crippen LogP contribution in [0.5, 0.6) is 0 Å². The number of allylic oxidation sites excluding steroid dienone is 2. The molecule has 0 radical (unpaired) electrons. The first-order valence-corrected chi connectivity index (χ1v) is 11.4. The van der Waals surface area contributed by atoms with Gasteiger partial charge in [-0.15, -0.1) is 0 Å². The zero-order chi connectivity index (χ0) is 21.5. The van der Waals surface area contributed by atoms with Crippen molar-refractivity contribution >= 4 is 5.97 Å². The lowest BCUT2D eigenvalue weighted by Gasteiger charge is -2.64. The quantitative estimate of drug-likeness (QED) is 0.498. The van der Waals surface area contributed by atoms with Crippen LogP contribution in [0.3, 0.4) is 0 Å². The molecule has 2 fully saturated rings. The molecular formula is C26H34O4. The molecule has 1 aromatic heterocycles. The smallest absolute Gasteiger partial charge is 0.330 e. The average molecular weight is 411 g/mol. The van der Waals surface area contributed by atoms with E-state index < -0.39 is 11.7 Å². The molecule has 0 bridgehead atoms. The third-order valence-electron chi connectivity index (χ3n) is 9.58. The standard InChI is InChI=1S/C26H34O4/c1-23(2)20-14-21(27)26(5)18-7-6-17(16-10-13-29-15-16)24(18,3)11-8-19(26)25(20,4)12-9-22(28)30-23/h7,9-10,12-13,15,17,19-21,27H,6,8,11,14H2,1-5H3/t17?,19-,20+,21-,24+,25-,26+/m1/s1. The van der Waals surface area contributed by atoms with Crippen molar-refractivity contribution < 1.29 is 19.1 Å². The highest BCUT2D eigenvalue weighted by atomic mass is 16.6. The fourth-order valence-electron chi connectivity index (χ4n) is 8.18. The van der Waals surface area contributed by atoms with Crippen molar-refractivity contribution in [3.8, 4) is 0 Å². The molecule has 1 aliphatic heterocycles. The number of esters is 1. The van der Waals surface area contributed by atoms with Gasteiger partial charge in [0, 0.05) is 17.4 Å². The van der Waals surface area contributed by atoms with E-state index in [9.17, 15) is 9.90 Å². The highest BCUT2D eigenvalue weighted by Gasteiger charge is 2.67. The van der Waals surface area contributed by atoms with E-state index in [1.165, 1.54) is 11.1 Å². The first kappa shape index (κ1) is 20.1. The number of carbonyl (C=O) groups is 1. The van der Waals surface area contributed by atoms with Crippen molar-refractivity contribution in [1.29, 1.82) is 0 Å². The summed E-state index contributed by atoms with van der Waals surface area (Å²) in [4.78, 5) is 12.3. The number of cyclic esters (lactones) is 1. The van der Waals surface area contributed by atoms with Gasteiger partial charge in [-0.1, -0.05) is 38.5 Å². The predicted octanol–water partition coefficient (Wildman–Crippen LogP) is 5.39. The summed E-state index contributed by atoms with van der Waals surface area (Å²) < 4.78 is 11.2. The molecule has 4 nitrogen and oxygen atoms in total. The number of hydrogen-bond acceptors (Lipinski definition) is 4. The number of furan rings is 1. The van der Waals surface area contributed by atoms with Crippen LogP contribution in [0.1, 0.15) is 71.8 Å². The maximum absolute atomic E-state index is 12.3. The topological polar surface area (TPSA) is 59.7 Å². The molecule has 2 saturated carbocycles. The Morgan fingerprint density at radius 3 is 2.60 bits per heavy atom. The van der Waals surface area contributed by atoms with E-state index in [4.69, 9.17) is 9.15 Å². The third-order valence-corrected chi connectivity index (χ3v) is 9.58. The van der Waals surface area contributed by atoms with Crippen LogP contribution in [-0.4, -0.2) is 22.8 Å². The zero-order valence-corrected chi connectivity index (χ0v) is 18.8. The summed E-state index contributed by atoms with van der Waals surface area (Å²) in [6.45, 7) is 11.0. The number of hydrogen-bond donors (Lipinski definition) is 1. The summed E-state index contributed by atoms with van der Waals surface area (Å²) in [5.41, 5.74) is 1.56. The number of fused-ring (bicyclic) bond motifs is 5. The molecule has 0 aromatic carbocycles.